The van der Waals surface area contributed by atoms with Crippen molar-refractivity contribution in [3.05, 3.63) is 34.3 Å². The molecule has 0 radical (unpaired) electrons. The van der Waals surface area contributed by atoms with Crippen LogP contribution >= 0.6 is 15.9 Å². The number of piperidine rings is 2. The maximum Gasteiger partial charge on any atom is 0.253 e. The Morgan fingerprint density at radius 1 is 1.10 bits per heavy atom. The number of benzene rings is 1. The first-order valence-electron chi connectivity index (χ1n) is 7.81. The molecule has 2 fully saturated rings. The van der Waals surface area contributed by atoms with Crippen molar-refractivity contribution in [2.75, 3.05) is 33.2 Å². The van der Waals surface area contributed by atoms with Gasteiger partial charge in [-0.3, -0.25) is 4.79 Å². The van der Waals surface area contributed by atoms with Crippen LogP contribution in [-0.4, -0.2) is 48.9 Å². The zero-order chi connectivity index (χ0) is 14.9. The first-order chi connectivity index (χ1) is 10.1. The Morgan fingerprint density at radius 3 is 2.33 bits per heavy atom. The zero-order valence-corrected chi connectivity index (χ0v) is 14.2. The Morgan fingerprint density at radius 2 is 1.71 bits per heavy atom. The van der Waals surface area contributed by atoms with Crippen LogP contribution in [0.15, 0.2) is 28.7 Å². The van der Waals surface area contributed by atoms with E-state index in [-0.39, 0.29) is 5.91 Å². The summed E-state index contributed by atoms with van der Waals surface area (Å²) >= 11 is 3.44. The van der Waals surface area contributed by atoms with Crippen molar-refractivity contribution in [1.29, 1.82) is 0 Å². The van der Waals surface area contributed by atoms with E-state index in [1.165, 1.54) is 38.8 Å². The molecule has 1 aromatic carbocycles. The molecule has 114 valence electrons. The lowest BCUT2D eigenvalue weighted by molar-refractivity contribution is 0.0352. The number of nitrogens with zero attached hydrogens (tertiary/aromatic N) is 2. The van der Waals surface area contributed by atoms with Crippen LogP contribution in [-0.2, 0) is 0 Å². The van der Waals surface area contributed by atoms with Gasteiger partial charge in [0.05, 0.1) is 0 Å². The third kappa shape index (κ3) is 3.32. The molecule has 1 amide bonds. The van der Waals surface area contributed by atoms with Gasteiger partial charge >= 0.3 is 0 Å². The van der Waals surface area contributed by atoms with Crippen molar-refractivity contribution in [3.8, 4) is 0 Å². The van der Waals surface area contributed by atoms with Gasteiger partial charge in [0, 0.05) is 23.1 Å². The molecule has 2 aliphatic heterocycles. The van der Waals surface area contributed by atoms with Crippen LogP contribution in [0.2, 0.25) is 0 Å². The van der Waals surface area contributed by atoms with Crippen LogP contribution in [0.5, 0.6) is 0 Å². The Balaban J connectivity index is 1.62. The highest BCUT2D eigenvalue weighted by Crippen LogP contribution is 2.41. The minimum absolute atomic E-state index is 0.180. The molecule has 0 atom stereocenters. The molecule has 0 aliphatic carbocycles. The second kappa shape index (κ2) is 6.09. The van der Waals surface area contributed by atoms with Crippen molar-refractivity contribution < 1.29 is 4.79 Å². The lowest BCUT2D eigenvalue weighted by atomic mass is 9.71. The molecular weight excluding hydrogens is 328 g/mol. The van der Waals surface area contributed by atoms with Crippen molar-refractivity contribution in [1.82, 2.24) is 9.80 Å². The molecule has 2 heterocycles. The molecule has 1 aromatic rings. The van der Waals surface area contributed by atoms with Gasteiger partial charge < -0.3 is 9.80 Å². The molecule has 2 aliphatic rings. The molecule has 4 heteroatoms. The molecule has 2 saturated heterocycles. The average molecular weight is 351 g/mol. The maximum atomic E-state index is 12.6. The summed E-state index contributed by atoms with van der Waals surface area (Å²) in [7, 11) is 2.21. The van der Waals surface area contributed by atoms with Crippen LogP contribution in [0.3, 0.4) is 0 Å². The SMILES string of the molecule is CN1CCC2(CC1)CCN(C(=O)c1cccc(Br)c1)CC2. The summed E-state index contributed by atoms with van der Waals surface area (Å²) in [6, 6.07) is 7.72. The minimum atomic E-state index is 0.180. The van der Waals surface area contributed by atoms with Gasteiger partial charge in [0.1, 0.15) is 0 Å². The summed E-state index contributed by atoms with van der Waals surface area (Å²) in [5, 5.41) is 0. The largest absolute Gasteiger partial charge is 0.339 e. The number of halogens is 1. The van der Waals surface area contributed by atoms with Crippen molar-refractivity contribution in [2.45, 2.75) is 25.7 Å². The third-order valence-electron chi connectivity index (χ3n) is 5.23. The Bertz CT molecular complexity index is 513. The van der Waals surface area contributed by atoms with Crippen LogP contribution < -0.4 is 0 Å². The fourth-order valence-electron chi connectivity index (χ4n) is 3.58. The minimum Gasteiger partial charge on any atom is -0.339 e. The van der Waals surface area contributed by atoms with E-state index in [9.17, 15) is 4.79 Å². The number of hydrogen-bond donors (Lipinski definition) is 0. The molecule has 0 bridgehead atoms. The van der Waals surface area contributed by atoms with Gasteiger partial charge in [-0.1, -0.05) is 22.0 Å². The number of carbonyl (C=O) groups is 1. The summed E-state index contributed by atoms with van der Waals surface area (Å²) in [5.74, 6) is 0.180. The molecule has 1 spiro atoms. The number of likely N-dealkylation sites (tertiary alicyclic amines) is 2. The third-order valence-corrected chi connectivity index (χ3v) is 5.72. The molecular formula is C17H23BrN2O. The topological polar surface area (TPSA) is 23.6 Å². The second-order valence-electron chi connectivity index (χ2n) is 6.61. The first-order valence-corrected chi connectivity index (χ1v) is 8.61. The molecule has 0 aromatic heterocycles. The van der Waals surface area contributed by atoms with Crippen LogP contribution in [0, 0.1) is 5.41 Å². The lowest BCUT2D eigenvalue weighted by Crippen LogP contribution is -2.47. The van der Waals surface area contributed by atoms with E-state index in [2.05, 4.69) is 27.9 Å². The monoisotopic (exact) mass is 350 g/mol. The number of rotatable bonds is 1. The molecule has 0 N–H and O–H groups in total. The quantitative estimate of drug-likeness (QED) is 0.774. The Kier molecular flexibility index (Phi) is 4.36. The highest BCUT2D eigenvalue weighted by atomic mass is 79.9. The summed E-state index contributed by atoms with van der Waals surface area (Å²) in [4.78, 5) is 17.0. The first kappa shape index (κ1) is 15.0. The fraction of sp³-hybridized carbons (Fsp3) is 0.588. The number of carbonyl (C=O) groups excluding carboxylic acids is 1. The van der Waals surface area contributed by atoms with E-state index in [1.807, 2.05) is 29.2 Å². The number of hydrogen-bond acceptors (Lipinski definition) is 2. The van der Waals surface area contributed by atoms with Crippen LogP contribution in [0.1, 0.15) is 36.0 Å². The van der Waals surface area contributed by atoms with Gasteiger partial charge in [-0.05, 0) is 69.4 Å². The predicted molar refractivity (Wildman–Crippen MR) is 88.4 cm³/mol. The predicted octanol–water partition coefficient (Wildman–Crippen LogP) is 3.40. The summed E-state index contributed by atoms with van der Waals surface area (Å²) in [5.41, 5.74) is 1.30. The van der Waals surface area contributed by atoms with Gasteiger partial charge in [-0.15, -0.1) is 0 Å². The highest BCUT2D eigenvalue weighted by Gasteiger charge is 2.37. The number of amides is 1. The normalized spacial score (nSPS) is 22.5. The maximum absolute atomic E-state index is 12.6. The van der Waals surface area contributed by atoms with Gasteiger partial charge in [-0.2, -0.15) is 0 Å². The van der Waals surface area contributed by atoms with E-state index < -0.39 is 0 Å². The fourth-order valence-corrected chi connectivity index (χ4v) is 3.98. The van der Waals surface area contributed by atoms with E-state index in [1.54, 1.807) is 0 Å². The second-order valence-corrected chi connectivity index (χ2v) is 7.52. The molecule has 3 nitrogen and oxygen atoms in total. The van der Waals surface area contributed by atoms with Crippen LogP contribution in [0.4, 0.5) is 0 Å². The Hall–Kier alpha value is -0.870. The van der Waals surface area contributed by atoms with Crippen LogP contribution in [0.25, 0.3) is 0 Å². The molecule has 0 unspecified atom stereocenters. The van der Waals surface area contributed by atoms with Crippen molar-refractivity contribution >= 4 is 21.8 Å². The van der Waals surface area contributed by atoms with E-state index in [4.69, 9.17) is 0 Å². The average Bonchev–Trinajstić information content (AvgIpc) is 2.51. The molecule has 21 heavy (non-hydrogen) atoms. The van der Waals surface area contributed by atoms with E-state index >= 15 is 0 Å². The summed E-state index contributed by atoms with van der Waals surface area (Å²) < 4.78 is 0.970. The van der Waals surface area contributed by atoms with Crippen molar-refractivity contribution in [2.24, 2.45) is 5.41 Å². The van der Waals surface area contributed by atoms with E-state index in [0.29, 0.717) is 5.41 Å². The van der Waals surface area contributed by atoms with Gasteiger partial charge in [0.25, 0.3) is 5.91 Å². The molecule has 0 saturated carbocycles. The smallest absolute Gasteiger partial charge is 0.253 e. The van der Waals surface area contributed by atoms with E-state index in [0.717, 1.165) is 23.1 Å². The van der Waals surface area contributed by atoms with Gasteiger partial charge in [0.2, 0.25) is 0 Å². The summed E-state index contributed by atoms with van der Waals surface area (Å²) in [6.07, 6.45) is 4.92. The summed E-state index contributed by atoms with van der Waals surface area (Å²) in [6.45, 7) is 4.24. The Labute approximate surface area is 135 Å². The van der Waals surface area contributed by atoms with Gasteiger partial charge in [0.15, 0.2) is 0 Å². The standard InChI is InChI=1S/C17H23BrN2O/c1-19-9-5-17(6-10-19)7-11-20(12-8-17)16(21)14-3-2-4-15(18)13-14/h2-4,13H,5-12H2,1H3. The highest BCUT2D eigenvalue weighted by molar-refractivity contribution is 9.10. The molecule has 3 rings (SSSR count). The zero-order valence-electron chi connectivity index (χ0n) is 12.6. The lowest BCUT2D eigenvalue weighted by Gasteiger charge is -2.46. The van der Waals surface area contributed by atoms with Crippen molar-refractivity contribution in [3.63, 3.8) is 0 Å². The van der Waals surface area contributed by atoms with Gasteiger partial charge in [-0.25, -0.2) is 0 Å².